The van der Waals surface area contributed by atoms with Crippen molar-refractivity contribution in [2.24, 2.45) is 0 Å². The van der Waals surface area contributed by atoms with Crippen molar-refractivity contribution in [3.63, 3.8) is 0 Å². The fraction of sp³-hybridized carbons (Fsp3) is 0.500. The molecule has 0 bridgehead atoms. The van der Waals surface area contributed by atoms with E-state index < -0.39 is 5.97 Å². The van der Waals surface area contributed by atoms with Gasteiger partial charge in [0.1, 0.15) is 5.82 Å². The van der Waals surface area contributed by atoms with Crippen molar-refractivity contribution in [3.05, 3.63) is 29.6 Å². The summed E-state index contributed by atoms with van der Waals surface area (Å²) >= 11 is 0. The number of ether oxygens (including phenoxy) is 1. The smallest absolute Gasteiger partial charge is 0.337 e. The summed E-state index contributed by atoms with van der Waals surface area (Å²) in [6, 6.07) is 5.45. The molecule has 1 aromatic carbocycles. The number of carboxylic acids is 1. The van der Waals surface area contributed by atoms with Gasteiger partial charge in [0.2, 0.25) is 0 Å². The van der Waals surface area contributed by atoms with Crippen LogP contribution in [0.5, 0.6) is 0 Å². The molecule has 1 aromatic heterocycles. The third-order valence-electron chi connectivity index (χ3n) is 3.99. The summed E-state index contributed by atoms with van der Waals surface area (Å²) in [5.74, 6) is 0.268. The molecule has 0 radical (unpaired) electrons. The van der Waals surface area contributed by atoms with Crippen molar-refractivity contribution in [2.45, 2.75) is 38.6 Å². The maximum absolute atomic E-state index is 11.6. The van der Waals surface area contributed by atoms with E-state index in [0.29, 0.717) is 12.2 Å². The summed E-state index contributed by atoms with van der Waals surface area (Å²) < 4.78 is 7.69. The summed E-state index contributed by atoms with van der Waals surface area (Å²) in [5, 5.41) is 9.48. The van der Waals surface area contributed by atoms with E-state index in [0.717, 1.165) is 36.3 Å². The van der Waals surface area contributed by atoms with Crippen LogP contribution in [-0.2, 0) is 4.74 Å². The maximum Gasteiger partial charge on any atom is 0.337 e. The van der Waals surface area contributed by atoms with E-state index in [2.05, 4.69) is 23.4 Å². The van der Waals surface area contributed by atoms with Crippen LogP contribution >= 0.6 is 0 Å². The first kappa shape index (κ1) is 14.1. The summed E-state index contributed by atoms with van der Waals surface area (Å²) in [6.45, 7) is 5.58. The van der Waals surface area contributed by atoms with Crippen LogP contribution in [0.4, 0.5) is 0 Å². The fourth-order valence-corrected chi connectivity index (χ4v) is 3.04. The van der Waals surface area contributed by atoms with Crippen molar-refractivity contribution in [1.82, 2.24) is 9.55 Å². The molecule has 0 amide bonds. The van der Waals surface area contributed by atoms with E-state index in [1.165, 1.54) is 0 Å². The highest BCUT2D eigenvalue weighted by Crippen LogP contribution is 2.31. The molecule has 1 saturated heterocycles. The zero-order chi connectivity index (χ0) is 15.0. The Hall–Kier alpha value is -1.88. The topological polar surface area (TPSA) is 64.3 Å². The zero-order valence-electron chi connectivity index (χ0n) is 12.4. The van der Waals surface area contributed by atoms with Gasteiger partial charge in [-0.25, -0.2) is 9.78 Å². The molecule has 1 unspecified atom stereocenters. The Balaban J connectivity index is 2.26. The minimum Gasteiger partial charge on any atom is -0.478 e. The third kappa shape index (κ3) is 2.42. The van der Waals surface area contributed by atoms with E-state index in [9.17, 15) is 9.90 Å². The molecule has 1 atom stereocenters. The molecule has 1 aliphatic rings. The van der Waals surface area contributed by atoms with Gasteiger partial charge in [0, 0.05) is 12.5 Å². The fourth-order valence-electron chi connectivity index (χ4n) is 3.04. The van der Waals surface area contributed by atoms with Gasteiger partial charge in [0.05, 0.1) is 29.2 Å². The highest BCUT2D eigenvalue weighted by atomic mass is 16.5. The number of carbonyl (C=O) groups is 1. The minimum absolute atomic E-state index is 0.168. The summed E-state index contributed by atoms with van der Waals surface area (Å²) in [4.78, 5) is 16.2. The first-order chi connectivity index (χ1) is 10.1. The van der Waals surface area contributed by atoms with Gasteiger partial charge in [-0.2, -0.15) is 0 Å². The standard InChI is InChI=1S/C16H20N2O3/c1-10(2)15-17-13-7-3-6-12(16(19)20)14(13)18(15)11-5-4-8-21-9-11/h3,6-7,10-11H,4-5,8-9H2,1-2H3,(H,19,20). The van der Waals surface area contributed by atoms with Crippen LogP contribution in [0.15, 0.2) is 18.2 Å². The predicted molar refractivity (Wildman–Crippen MR) is 79.9 cm³/mol. The SMILES string of the molecule is CC(C)c1nc2cccc(C(=O)O)c2n1C1CCCOC1. The van der Waals surface area contributed by atoms with Gasteiger partial charge in [-0.05, 0) is 25.0 Å². The molecule has 112 valence electrons. The second-order valence-electron chi connectivity index (χ2n) is 5.84. The monoisotopic (exact) mass is 288 g/mol. The molecule has 2 aromatic rings. The van der Waals surface area contributed by atoms with E-state index in [1.807, 2.05) is 6.07 Å². The molecule has 21 heavy (non-hydrogen) atoms. The molecule has 3 rings (SSSR count). The molecule has 5 nitrogen and oxygen atoms in total. The van der Waals surface area contributed by atoms with Gasteiger partial charge in [-0.15, -0.1) is 0 Å². The molecule has 2 heterocycles. The number of rotatable bonds is 3. The quantitative estimate of drug-likeness (QED) is 0.942. The van der Waals surface area contributed by atoms with Crippen molar-refractivity contribution < 1.29 is 14.6 Å². The van der Waals surface area contributed by atoms with E-state index >= 15 is 0 Å². The lowest BCUT2D eigenvalue weighted by Gasteiger charge is -2.27. The molecule has 5 heteroatoms. The maximum atomic E-state index is 11.6. The Morgan fingerprint density at radius 1 is 1.48 bits per heavy atom. The van der Waals surface area contributed by atoms with Crippen LogP contribution in [0.3, 0.4) is 0 Å². The average Bonchev–Trinajstić information content (AvgIpc) is 2.87. The highest BCUT2D eigenvalue weighted by Gasteiger charge is 2.25. The van der Waals surface area contributed by atoms with Gasteiger partial charge < -0.3 is 14.4 Å². The van der Waals surface area contributed by atoms with Crippen LogP contribution in [-0.4, -0.2) is 33.8 Å². The Kier molecular flexibility index (Phi) is 3.68. The number of benzene rings is 1. The number of para-hydroxylation sites is 1. The molecule has 0 aliphatic carbocycles. The lowest BCUT2D eigenvalue weighted by Crippen LogP contribution is -2.23. The van der Waals surface area contributed by atoms with Crippen LogP contribution in [0.2, 0.25) is 0 Å². The highest BCUT2D eigenvalue weighted by molar-refractivity contribution is 6.01. The van der Waals surface area contributed by atoms with Crippen LogP contribution < -0.4 is 0 Å². The molecule has 0 saturated carbocycles. The van der Waals surface area contributed by atoms with Crippen LogP contribution in [0.25, 0.3) is 11.0 Å². The van der Waals surface area contributed by atoms with Gasteiger partial charge in [-0.3, -0.25) is 0 Å². The molecular formula is C16H20N2O3. The number of carboxylic acid groups (broad SMARTS) is 1. The number of fused-ring (bicyclic) bond motifs is 1. The number of nitrogens with zero attached hydrogens (tertiary/aromatic N) is 2. The van der Waals surface area contributed by atoms with Crippen LogP contribution in [0.1, 0.15) is 54.8 Å². The molecular weight excluding hydrogens is 268 g/mol. The van der Waals surface area contributed by atoms with Crippen molar-refractivity contribution in [2.75, 3.05) is 13.2 Å². The molecule has 1 fully saturated rings. The lowest BCUT2D eigenvalue weighted by molar-refractivity contribution is 0.0589. The summed E-state index contributed by atoms with van der Waals surface area (Å²) in [7, 11) is 0. The van der Waals surface area contributed by atoms with Gasteiger partial charge in [-0.1, -0.05) is 19.9 Å². The van der Waals surface area contributed by atoms with E-state index in [-0.39, 0.29) is 12.0 Å². The van der Waals surface area contributed by atoms with Gasteiger partial charge in [0.25, 0.3) is 0 Å². The largest absolute Gasteiger partial charge is 0.478 e. The van der Waals surface area contributed by atoms with Crippen molar-refractivity contribution in [3.8, 4) is 0 Å². The average molecular weight is 288 g/mol. The second kappa shape index (κ2) is 5.48. The Morgan fingerprint density at radius 2 is 2.29 bits per heavy atom. The minimum atomic E-state index is -0.909. The molecule has 0 spiro atoms. The lowest BCUT2D eigenvalue weighted by atomic mass is 10.1. The number of imidazole rings is 1. The number of hydrogen-bond acceptors (Lipinski definition) is 3. The number of aromatic carboxylic acids is 1. The predicted octanol–water partition coefficient (Wildman–Crippen LogP) is 3.21. The summed E-state index contributed by atoms with van der Waals surface area (Å²) in [6.07, 6.45) is 2.00. The van der Waals surface area contributed by atoms with E-state index in [4.69, 9.17) is 4.74 Å². The van der Waals surface area contributed by atoms with Crippen LogP contribution in [0, 0.1) is 0 Å². The Morgan fingerprint density at radius 3 is 2.90 bits per heavy atom. The molecule has 1 N–H and O–H groups in total. The van der Waals surface area contributed by atoms with Gasteiger partial charge in [0.15, 0.2) is 0 Å². The summed E-state index contributed by atoms with van der Waals surface area (Å²) in [5.41, 5.74) is 1.80. The number of hydrogen-bond donors (Lipinski definition) is 1. The normalized spacial score (nSPS) is 19.3. The second-order valence-corrected chi connectivity index (χ2v) is 5.84. The van der Waals surface area contributed by atoms with E-state index in [1.54, 1.807) is 12.1 Å². The third-order valence-corrected chi connectivity index (χ3v) is 3.99. The molecule has 1 aliphatic heterocycles. The van der Waals surface area contributed by atoms with Gasteiger partial charge >= 0.3 is 5.97 Å². The zero-order valence-corrected chi connectivity index (χ0v) is 12.4. The first-order valence-electron chi connectivity index (χ1n) is 7.41. The van der Waals surface area contributed by atoms with Crippen molar-refractivity contribution in [1.29, 1.82) is 0 Å². The number of aromatic nitrogens is 2. The van der Waals surface area contributed by atoms with Crippen molar-refractivity contribution >= 4 is 17.0 Å². The first-order valence-corrected chi connectivity index (χ1v) is 7.41. The Labute approximate surface area is 123 Å². The Bertz CT molecular complexity index is 669.